The summed E-state index contributed by atoms with van der Waals surface area (Å²) in [6.45, 7) is 3.89. The van der Waals surface area contributed by atoms with E-state index in [0.717, 1.165) is 0 Å². The molecule has 0 spiro atoms. The first-order chi connectivity index (χ1) is 4.04. The van der Waals surface area contributed by atoms with Crippen LogP contribution in [0.15, 0.2) is 0 Å². The van der Waals surface area contributed by atoms with E-state index in [1.165, 1.54) is 0 Å². The maximum absolute atomic E-state index is 10.1. The number of carboxylic acids is 1. The zero-order valence-corrected chi connectivity index (χ0v) is 7.48. The second kappa shape index (κ2) is 5.73. The Hall–Kier alpha value is -0.0375. The summed E-state index contributed by atoms with van der Waals surface area (Å²) in [4.78, 5) is 10.1. The summed E-state index contributed by atoms with van der Waals surface area (Å²) in [5.41, 5.74) is 5.22. The summed E-state index contributed by atoms with van der Waals surface area (Å²) in [6.07, 6.45) is 0.551. The molecule has 10 heavy (non-hydrogen) atoms. The number of hydrogen-bond acceptors (Lipinski definition) is 2. The zero-order valence-electron chi connectivity index (χ0n) is 6.20. The summed E-state index contributed by atoms with van der Waals surface area (Å²) >= 11 is 0. The van der Waals surface area contributed by atoms with Crippen molar-refractivity contribution in [1.29, 1.82) is 0 Å². The fraction of sp³-hybridized carbons (Fsp3) is 0.833. The van der Waals surface area contributed by atoms with E-state index in [1.54, 1.807) is 0 Å². The summed E-state index contributed by atoms with van der Waals surface area (Å²) in [7, 11) is 0. The van der Waals surface area contributed by atoms with Crippen LogP contribution in [0.1, 0.15) is 20.3 Å². The summed E-state index contributed by atoms with van der Waals surface area (Å²) in [5.74, 6) is -0.556. The molecule has 1 unspecified atom stereocenters. The molecule has 0 aromatic rings. The van der Waals surface area contributed by atoms with Crippen LogP contribution in [-0.4, -0.2) is 17.1 Å². The molecule has 3 N–H and O–H groups in total. The Balaban J connectivity index is 0. The Morgan fingerprint density at radius 1 is 1.60 bits per heavy atom. The van der Waals surface area contributed by atoms with Crippen LogP contribution < -0.4 is 5.73 Å². The van der Waals surface area contributed by atoms with Gasteiger partial charge in [0.1, 0.15) is 6.04 Å². The van der Waals surface area contributed by atoms with Crippen molar-refractivity contribution in [1.82, 2.24) is 0 Å². The average molecular weight is 183 g/mol. The third kappa shape index (κ3) is 6.09. The Labute approximate surface area is 71.7 Å². The molecule has 0 fully saturated rings. The van der Waals surface area contributed by atoms with Gasteiger partial charge >= 0.3 is 23.3 Å². The van der Waals surface area contributed by atoms with Crippen LogP contribution in [0.25, 0.3) is 0 Å². The van der Waals surface area contributed by atoms with Crippen LogP contribution in [-0.2, 0) is 22.2 Å². The molecule has 0 aromatic carbocycles. The minimum Gasteiger partial charge on any atom is -0.480 e. The van der Waals surface area contributed by atoms with Crippen LogP contribution >= 0.6 is 0 Å². The van der Waals surface area contributed by atoms with E-state index >= 15 is 0 Å². The maximum Gasteiger partial charge on any atom is 2.00 e. The Morgan fingerprint density at radius 3 is 2.10 bits per heavy atom. The molecule has 58 valence electrons. The summed E-state index contributed by atoms with van der Waals surface area (Å²) < 4.78 is 0. The van der Waals surface area contributed by atoms with Crippen molar-refractivity contribution in [2.75, 3.05) is 0 Å². The van der Waals surface area contributed by atoms with Crippen molar-refractivity contribution in [3.8, 4) is 0 Å². The Kier molecular flexibility index (Phi) is 7.23. The van der Waals surface area contributed by atoms with Gasteiger partial charge in [-0.15, -0.1) is 0 Å². The Morgan fingerprint density at radius 2 is 2.00 bits per heavy atom. The fourth-order valence-corrected chi connectivity index (χ4v) is 0.609. The molecule has 1 atom stereocenters. The molecule has 0 aliphatic carbocycles. The molecule has 0 saturated heterocycles. The van der Waals surface area contributed by atoms with E-state index in [4.69, 9.17) is 10.8 Å². The molecule has 0 radical (unpaired) electrons. The largest absolute Gasteiger partial charge is 2.00 e. The van der Waals surface area contributed by atoms with Gasteiger partial charge < -0.3 is 10.8 Å². The first-order valence-corrected chi connectivity index (χ1v) is 3.02. The van der Waals surface area contributed by atoms with Gasteiger partial charge in [-0.05, 0) is 12.3 Å². The molecule has 0 heterocycles. The van der Waals surface area contributed by atoms with Gasteiger partial charge in [0.25, 0.3) is 0 Å². The van der Waals surface area contributed by atoms with E-state index in [9.17, 15) is 4.79 Å². The van der Waals surface area contributed by atoms with Crippen molar-refractivity contribution < 1.29 is 27.3 Å². The van der Waals surface area contributed by atoms with Gasteiger partial charge in [0.15, 0.2) is 0 Å². The molecule has 0 saturated carbocycles. The number of nitrogens with two attached hydrogens (primary N) is 1. The van der Waals surface area contributed by atoms with Gasteiger partial charge in [0.2, 0.25) is 0 Å². The topological polar surface area (TPSA) is 63.3 Å². The SMILES string of the molecule is CC(C)CC(N)C(=O)O.[Cr+2]. The first-order valence-electron chi connectivity index (χ1n) is 3.02. The third-order valence-corrected chi connectivity index (χ3v) is 1.04. The maximum atomic E-state index is 10.1. The van der Waals surface area contributed by atoms with Crippen molar-refractivity contribution >= 4 is 5.97 Å². The van der Waals surface area contributed by atoms with E-state index < -0.39 is 12.0 Å². The van der Waals surface area contributed by atoms with Gasteiger partial charge in [-0.3, -0.25) is 4.79 Å². The number of aliphatic carboxylic acids is 1. The fourth-order valence-electron chi connectivity index (χ4n) is 0.609. The van der Waals surface area contributed by atoms with Gasteiger partial charge in [-0.2, -0.15) is 0 Å². The van der Waals surface area contributed by atoms with Crippen molar-refractivity contribution in [3.05, 3.63) is 0 Å². The van der Waals surface area contributed by atoms with Gasteiger partial charge in [-0.25, -0.2) is 0 Å². The quantitative estimate of drug-likeness (QED) is 0.667. The molecule has 4 heteroatoms. The molecular formula is C6H13CrNO2+2. The molecule has 3 nitrogen and oxygen atoms in total. The monoisotopic (exact) mass is 183 g/mol. The second-order valence-electron chi connectivity index (χ2n) is 2.57. The molecular weight excluding hydrogens is 170 g/mol. The van der Waals surface area contributed by atoms with E-state index in [2.05, 4.69) is 0 Å². The summed E-state index contributed by atoms with van der Waals surface area (Å²) in [6, 6.07) is -0.690. The molecule has 0 aliphatic heterocycles. The molecule has 0 amide bonds. The minimum atomic E-state index is -0.913. The third-order valence-electron chi connectivity index (χ3n) is 1.04. The summed E-state index contributed by atoms with van der Waals surface area (Å²) in [5, 5.41) is 8.31. The number of hydrogen-bond donors (Lipinski definition) is 2. The number of carbonyl (C=O) groups is 1. The van der Waals surface area contributed by atoms with Crippen molar-refractivity contribution in [3.63, 3.8) is 0 Å². The van der Waals surface area contributed by atoms with Crippen LogP contribution in [0.5, 0.6) is 0 Å². The van der Waals surface area contributed by atoms with Crippen LogP contribution in [0.3, 0.4) is 0 Å². The van der Waals surface area contributed by atoms with Crippen LogP contribution in [0.2, 0.25) is 0 Å². The van der Waals surface area contributed by atoms with E-state index in [0.29, 0.717) is 12.3 Å². The smallest absolute Gasteiger partial charge is 0.480 e. The Bertz CT molecular complexity index is 106. The van der Waals surface area contributed by atoms with Crippen LogP contribution in [0, 0.1) is 5.92 Å². The van der Waals surface area contributed by atoms with E-state index in [-0.39, 0.29) is 17.4 Å². The predicted molar refractivity (Wildman–Crippen MR) is 35.1 cm³/mol. The predicted octanol–water partition coefficient (Wildman–Crippen LogP) is 0.442. The first kappa shape index (κ1) is 12.6. The second-order valence-corrected chi connectivity index (χ2v) is 2.57. The number of rotatable bonds is 3. The molecule has 0 aliphatic rings. The molecule has 0 bridgehead atoms. The van der Waals surface area contributed by atoms with Crippen LogP contribution in [0.4, 0.5) is 0 Å². The van der Waals surface area contributed by atoms with E-state index in [1.807, 2.05) is 13.8 Å². The number of carboxylic acid groups (broad SMARTS) is 1. The zero-order chi connectivity index (χ0) is 7.44. The van der Waals surface area contributed by atoms with Gasteiger partial charge in [0.05, 0.1) is 0 Å². The average Bonchev–Trinajstić information content (AvgIpc) is 1.63. The minimum absolute atomic E-state index is 0. The standard InChI is InChI=1S/C6H13NO2.Cr/c1-4(2)3-5(7)6(8)9;/h4-5H,3,7H2,1-2H3,(H,8,9);/q;+2. The van der Waals surface area contributed by atoms with Crippen molar-refractivity contribution in [2.45, 2.75) is 26.3 Å². The molecule has 0 rings (SSSR count). The van der Waals surface area contributed by atoms with Crippen molar-refractivity contribution in [2.24, 2.45) is 11.7 Å². The van der Waals surface area contributed by atoms with Gasteiger partial charge in [-0.1, -0.05) is 13.8 Å². The van der Waals surface area contributed by atoms with Gasteiger partial charge in [0, 0.05) is 0 Å². The normalized spacial score (nSPS) is 12.4. The molecule has 0 aromatic heterocycles.